The highest BCUT2D eigenvalue weighted by Crippen LogP contribution is 2.12. The second-order valence-electron chi connectivity index (χ2n) is 4.65. The first-order valence-corrected chi connectivity index (χ1v) is 6.52. The highest BCUT2D eigenvalue weighted by Gasteiger charge is 2.16. The lowest BCUT2D eigenvalue weighted by molar-refractivity contribution is 0.0678. The summed E-state index contributed by atoms with van der Waals surface area (Å²) in [7, 11) is 0. The number of aliphatic hydroxyl groups is 1. The minimum Gasteiger partial charge on any atom is -0.390 e. The average molecular weight is 357 g/mol. The summed E-state index contributed by atoms with van der Waals surface area (Å²) in [4.78, 5) is 30.0. The Morgan fingerprint density at radius 1 is 1.42 bits per heavy atom. The lowest BCUT2D eigenvalue weighted by atomic mass is 10.0. The monoisotopic (exact) mass is 356 g/mol. The van der Waals surface area contributed by atoms with Gasteiger partial charge in [0.15, 0.2) is 11.2 Å². The van der Waals surface area contributed by atoms with Crippen LogP contribution in [-0.2, 0) is 24.9 Å². The van der Waals surface area contributed by atoms with Crippen molar-refractivity contribution in [2.75, 3.05) is 6.56 Å². The van der Waals surface area contributed by atoms with E-state index in [1.807, 2.05) is 0 Å². The molecule has 0 saturated carbocycles. The Morgan fingerprint density at radius 2 is 2.25 bits per heavy atom. The van der Waals surface area contributed by atoms with Gasteiger partial charge in [0, 0.05) is 39.3 Å². The second-order valence-corrected chi connectivity index (χ2v) is 4.65. The Morgan fingerprint density at radius 3 is 2.96 bits per heavy atom. The van der Waals surface area contributed by atoms with E-state index < -0.39 is 94.5 Å². The standard InChI is InChI=1S/C16H26N4O4/c1-5-24-11-19-10-17-13-12(19)14(21)20(15(22)18(13)4)9-7-6-8-16(2,3)23/h10,23H,5-9,11H2,1-4H3/i1D3,2D3,3D3,4D3,5D2,8D2,11D2. The average Bonchev–Trinajstić information content (AvgIpc) is 3.17. The molecule has 24 heavy (non-hydrogen) atoms. The molecule has 1 N–H and O–H groups in total. The second kappa shape index (κ2) is 7.31. The first-order valence-electron chi connectivity index (χ1n) is 15.5. The fourth-order valence-corrected chi connectivity index (χ4v) is 1.97. The van der Waals surface area contributed by atoms with E-state index in [-0.39, 0.29) is 13.7 Å². The van der Waals surface area contributed by atoms with Gasteiger partial charge in [-0.05, 0) is 39.8 Å². The summed E-state index contributed by atoms with van der Waals surface area (Å²) in [5.74, 6) is 0. The molecule has 2 heterocycles. The van der Waals surface area contributed by atoms with Gasteiger partial charge < -0.3 is 14.4 Å². The number of hydrogen-bond acceptors (Lipinski definition) is 5. The molecule has 8 heteroatoms. The SMILES string of the molecule is [2H]C([2H])([2H])n1c(=O)n(CCCC([2H])([2H])C(O)(C([2H])([2H])[2H])C([2H])([2H])[2H])c(=O)c2c1ncn2C([2H])([2H])OC([2H])([2H])C([2H])([2H])[2H]. The molecule has 0 aliphatic carbocycles. The number of rotatable bonds is 8. The lowest BCUT2D eigenvalue weighted by Crippen LogP contribution is -2.39. The quantitative estimate of drug-likeness (QED) is 0.756. The number of ether oxygens (including phenoxy) is 1. The zero-order chi connectivity index (χ0) is 33.3. The van der Waals surface area contributed by atoms with Gasteiger partial charge in [0.1, 0.15) is 6.68 Å². The van der Waals surface area contributed by atoms with E-state index in [2.05, 4.69) is 9.72 Å². The van der Waals surface area contributed by atoms with Crippen molar-refractivity contribution in [3.63, 3.8) is 0 Å². The summed E-state index contributed by atoms with van der Waals surface area (Å²) >= 11 is 0. The van der Waals surface area contributed by atoms with Crippen LogP contribution in [0.2, 0.25) is 0 Å². The summed E-state index contributed by atoms with van der Waals surface area (Å²) in [5, 5.41) is 10.5. The number of aryl methyl sites for hydroxylation is 1. The molecule has 0 radical (unpaired) electrons. The molecule has 134 valence electrons. The van der Waals surface area contributed by atoms with Crippen molar-refractivity contribution in [1.29, 1.82) is 0 Å². The fourth-order valence-electron chi connectivity index (χ4n) is 1.97. The molecule has 0 atom stereocenters. The van der Waals surface area contributed by atoms with Gasteiger partial charge in [-0.2, -0.15) is 0 Å². The molecular formula is C16H26N4O4. The van der Waals surface area contributed by atoms with Gasteiger partial charge in [-0.3, -0.25) is 13.9 Å². The van der Waals surface area contributed by atoms with Crippen molar-refractivity contribution in [2.24, 2.45) is 6.98 Å². The molecule has 0 aliphatic heterocycles. The van der Waals surface area contributed by atoms with E-state index >= 15 is 0 Å². The molecule has 0 aliphatic rings. The maximum Gasteiger partial charge on any atom is 0.332 e. The van der Waals surface area contributed by atoms with Crippen LogP contribution in [0.15, 0.2) is 15.9 Å². The summed E-state index contributed by atoms with van der Waals surface area (Å²) < 4.78 is 141. The van der Waals surface area contributed by atoms with E-state index in [0.717, 1.165) is 0 Å². The molecular weight excluding hydrogens is 312 g/mol. The largest absolute Gasteiger partial charge is 0.390 e. The molecule has 0 unspecified atom stereocenters. The molecule has 2 rings (SSSR count). The normalized spacial score (nSPS) is 27.2. The first-order chi connectivity index (χ1) is 18.4. The van der Waals surface area contributed by atoms with Crippen molar-refractivity contribution >= 4 is 11.2 Å². The fraction of sp³-hybridized carbons (Fsp3) is 0.688. The minimum absolute atomic E-state index is 0.0232. The van der Waals surface area contributed by atoms with Crippen LogP contribution in [0.5, 0.6) is 0 Å². The lowest BCUT2D eigenvalue weighted by Gasteiger charge is -2.16. The third-order valence-corrected chi connectivity index (χ3v) is 2.96. The van der Waals surface area contributed by atoms with Crippen molar-refractivity contribution < 1.29 is 34.5 Å². The third-order valence-electron chi connectivity index (χ3n) is 2.96. The van der Waals surface area contributed by atoms with Crippen LogP contribution in [0.4, 0.5) is 0 Å². The van der Waals surface area contributed by atoms with Gasteiger partial charge in [-0.1, -0.05) is 0 Å². The van der Waals surface area contributed by atoms with Gasteiger partial charge >= 0.3 is 5.69 Å². The Hall–Kier alpha value is -1.93. The van der Waals surface area contributed by atoms with Gasteiger partial charge in [0.25, 0.3) is 5.56 Å². The van der Waals surface area contributed by atoms with Crippen molar-refractivity contribution in [3.8, 4) is 0 Å². The Kier molecular flexibility index (Phi) is 1.77. The smallest absolute Gasteiger partial charge is 0.332 e. The third kappa shape index (κ3) is 3.93. The van der Waals surface area contributed by atoms with Crippen LogP contribution in [0.1, 0.15) is 64.4 Å². The van der Waals surface area contributed by atoms with Gasteiger partial charge in [-0.15, -0.1) is 0 Å². The van der Waals surface area contributed by atoms with Crippen LogP contribution in [0.25, 0.3) is 11.2 Å². The maximum absolute atomic E-state index is 13.3. The Bertz CT molecular complexity index is 1410. The van der Waals surface area contributed by atoms with E-state index in [1.165, 1.54) is 0 Å². The first kappa shape index (κ1) is 5.81. The van der Waals surface area contributed by atoms with Crippen LogP contribution in [0, 0.1) is 0 Å². The molecule has 0 saturated heterocycles. The molecule has 8 nitrogen and oxygen atoms in total. The summed E-state index contributed by atoms with van der Waals surface area (Å²) in [6, 6.07) is 0. The highest BCUT2D eigenvalue weighted by atomic mass is 16.5. The number of nitrogens with zero attached hydrogens (tertiary/aromatic N) is 4. The maximum atomic E-state index is 13.3. The Balaban J connectivity index is 2.71. The van der Waals surface area contributed by atoms with Gasteiger partial charge in [0.05, 0.1) is 17.4 Å². The molecule has 0 aromatic carbocycles. The zero-order valence-corrected chi connectivity index (χ0v) is 12.2. The summed E-state index contributed by atoms with van der Waals surface area (Å²) in [5.41, 5.74) is -8.88. The summed E-state index contributed by atoms with van der Waals surface area (Å²) in [6.45, 7) is -22.5. The molecule has 0 spiro atoms. The van der Waals surface area contributed by atoms with Crippen molar-refractivity contribution in [3.05, 3.63) is 27.2 Å². The van der Waals surface area contributed by atoms with Crippen molar-refractivity contribution in [2.45, 2.75) is 58.6 Å². The van der Waals surface area contributed by atoms with Crippen LogP contribution in [0.3, 0.4) is 0 Å². The van der Waals surface area contributed by atoms with Gasteiger partial charge in [0.2, 0.25) is 0 Å². The molecule has 2 aromatic heterocycles. The summed E-state index contributed by atoms with van der Waals surface area (Å²) in [6.07, 6.45) is -4.74. The zero-order valence-electron chi connectivity index (χ0n) is 30.2. The predicted molar refractivity (Wildman–Crippen MR) is 91.0 cm³/mol. The Labute approximate surface area is 165 Å². The van der Waals surface area contributed by atoms with E-state index in [0.29, 0.717) is 6.33 Å². The number of hydrogen-bond donors (Lipinski definition) is 1. The molecule has 0 bridgehead atoms. The molecule has 0 amide bonds. The number of imidazole rings is 1. The minimum atomic E-state index is -3.89. The van der Waals surface area contributed by atoms with Crippen molar-refractivity contribution in [1.82, 2.24) is 18.7 Å². The predicted octanol–water partition coefficient (Wildman–Crippen LogP) is 0.832. The van der Waals surface area contributed by atoms with Crippen LogP contribution >= 0.6 is 0 Å². The molecule has 0 fully saturated rings. The van der Waals surface area contributed by atoms with E-state index in [1.54, 1.807) is 0 Å². The van der Waals surface area contributed by atoms with Crippen LogP contribution in [-0.4, -0.2) is 36.0 Å². The van der Waals surface area contributed by atoms with Gasteiger partial charge in [-0.25, -0.2) is 9.78 Å². The van der Waals surface area contributed by atoms with E-state index in [4.69, 9.17) is 24.7 Å². The van der Waals surface area contributed by atoms with E-state index in [9.17, 15) is 14.7 Å². The molecule has 2 aromatic rings. The van der Waals surface area contributed by atoms with Crippen LogP contribution < -0.4 is 11.2 Å². The highest BCUT2D eigenvalue weighted by molar-refractivity contribution is 5.69. The number of fused-ring (bicyclic) bond motifs is 1. The number of aromatic nitrogens is 4. The topological polar surface area (TPSA) is 91.3 Å².